The van der Waals surface area contributed by atoms with Crippen molar-refractivity contribution in [3.05, 3.63) is 5.82 Å². The van der Waals surface area contributed by atoms with Crippen LogP contribution in [0.15, 0.2) is 0 Å². The summed E-state index contributed by atoms with van der Waals surface area (Å²) in [5.74, 6) is 0.958. The van der Waals surface area contributed by atoms with Gasteiger partial charge < -0.3 is 5.32 Å². The minimum absolute atomic E-state index is 0.0958. The number of rotatable bonds is 5. The molecule has 0 aromatic carbocycles. The van der Waals surface area contributed by atoms with E-state index in [2.05, 4.69) is 55.5 Å². The predicted octanol–water partition coefficient (Wildman–Crippen LogP) is 2.31. The van der Waals surface area contributed by atoms with Crippen molar-refractivity contribution in [2.75, 3.05) is 0 Å². The maximum atomic E-state index is 4.12. The summed E-state index contributed by atoms with van der Waals surface area (Å²) in [6, 6.07) is 0.544. The lowest BCUT2D eigenvalue weighted by Gasteiger charge is -2.33. The molecule has 0 radical (unpaired) electrons. The first-order valence-electron chi connectivity index (χ1n) is 6.79. The molecule has 5 heteroatoms. The zero-order valence-corrected chi connectivity index (χ0v) is 12.2. The Hall–Kier alpha value is -0.970. The Balaban J connectivity index is 1.92. The topological polar surface area (TPSA) is 55.6 Å². The Morgan fingerprint density at radius 1 is 1.22 bits per heavy atom. The number of nitrogens with one attached hydrogen (secondary N) is 1. The van der Waals surface area contributed by atoms with Crippen LogP contribution < -0.4 is 5.32 Å². The molecule has 1 aromatic rings. The third-order valence-corrected chi connectivity index (χ3v) is 3.15. The standard InChI is InChI=1S/C13H25N5/c1-12(2,3)9-13(4,5)14-8-11-15-16-17-18(11)10-6-7-10/h10,14H,6-9H2,1-5H3. The predicted molar refractivity (Wildman–Crippen MR) is 71.1 cm³/mol. The van der Waals surface area contributed by atoms with Gasteiger partial charge in [-0.1, -0.05) is 20.8 Å². The van der Waals surface area contributed by atoms with Crippen molar-refractivity contribution in [1.29, 1.82) is 0 Å². The van der Waals surface area contributed by atoms with Gasteiger partial charge in [-0.25, -0.2) is 4.68 Å². The minimum atomic E-state index is 0.0958. The molecule has 1 saturated carbocycles. The van der Waals surface area contributed by atoms with Crippen LogP contribution in [-0.4, -0.2) is 25.7 Å². The molecule has 0 spiro atoms. The van der Waals surface area contributed by atoms with Crippen LogP contribution in [0.25, 0.3) is 0 Å². The van der Waals surface area contributed by atoms with Gasteiger partial charge in [-0.3, -0.25) is 0 Å². The van der Waals surface area contributed by atoms with Crippen LogP contribution >= 0.6 is 0 Å². The molecule has 0 unspecified atom stereocenters. The fourth-order valence-corrected chi connectivity index (χ4v) is 2.64. The second-order valence-corrected chi connectivity index (χ2v) is 7.25. The smallest absolute Gasteiger partial charge is 0.165 e. The molecule has 0 atom stereocenters. The summed E-state index contributed by atoms with van der Waals surface area (Å²) < 4.78 is 1.97. The molecule has 0 bridgehead atoms. The lowest BCUT2D eigenvalue weighted by Crippen LogP contribution is -2.42. The van der Waals surface area contributed by atoms with Gasteiger partial charge in [-0.05, 0) is 49.0 Å². The molecule has 102 valence electrons. The van der Waals surface area contributed by atoms with Crippen molar-refractivity contribution in [2.24, 2.45) is 5.41 Å². The van der Waals surface area contributed by atoms with Crippen molar-refractivity contribution in [3.8, 4) is 0 Å². The van der Waals surface area contributed by atoms with Gasteiger partial charge in [0.1, 0.15) is 0 Å². The molecule has 18 heavy (non-hydrogen) atoms. The number of nitrogens with zero attached hydrogens (tertiary/aromatic N) is 4. The van der Waals surface area contributed by atoms with Crippen LogP contribution in [0.4, 0.5) is 0 Å². The van der Waals surface area contributed by atoms with E-state index in [4.69, 9.17) is 0 Å². The van der Waals surface area contributed by atoms with E-state index >= 15 is 0 Å². The Labute approximate surface area is 109 Å². The average molecular weight is 251 g/mol. The second kappa shape index (κ2) is 4.61. The molecule has 1 aliphatic rings. The van der Waals surface area contributed by atoms with Crippen LogP contribution in [0, 0.1) is 5.41 Å². The highest BCUT2D eigenvalue weighted by Gasteiger charge is 2.29. The first-order valence-corrected chi connectivity index (χ1v) is 6.79. The lowest BCUT2D eigenvalue weighted by molar-refractivity contribution is 0.238. The minimum Gasteiger partial charge on any atom is -0.305 e. The summed E-state index contributed by atoms with van der Waals surface area (Å²) >= 11 is 0. The van der Waals surface area contributed by atoms with Gasteiger partial charge in [0.25, 0.3) is 0 Å². The fourth-order valence-electron chi connectivity index (χ4n) is 2.64. The first-order chi connectivity index (χ1) is 8.27. The number of aromatic nitrogens is 4. The van der Waals surface area contributed by atoms with E-state index < -0.39 is 0 Å². The van der Waals surface area contributed by atoms with Crippen molar-refractivity contribution >= 4 is 0 Å². The molecular weight excluding hydrogens is 226 g/mol. The third-order valence-electron chi connectivity index (χ3n) is 3.15. The van der Waals surface area contributed by atoms with E-state index in [1.807, 2.05) is 4.68 Å². The van der Waals surface area contributed by atoms with Gasteiger partial charge in [0.2, 0.25) is 0 Å². The van der Waals surface area contributed by atoms with Gasteiger partial charge in [0, 0.05) is 5.54 Å². The molecule has 1 aromatic heterocycles. The highest BCUT2D eigenvalue weighted by Crippen LogP contribution is 2.34. The molecule has 1 aliphatic carbocycles. The summed E-state index contributed by atoms with van der Waals surface area (Å²) in [4.78, 5) is 0. The van der Waals surface area contributed by atoms with Crippen LogP contribution in [0.3, 0.4) is 0 Å². The summed E-state index contributed by atoms with van der Waals surface area (Å²) in [7, 11) is 0. The normalized spacial score (nSPS) is 17.2. The van der Waals surface area contributed by atoms with E-state index in [0.29, 0.717) is 11.5 Å². The Morgan fingerprint density at radius 2 is 1.89 bits per heavy atom. The molecule has 1 N–H and O–H groups in total. The Bertz CT molecular complexity index is 398. The highest BCUT2D eigenvalue weighted by atomic mass is 15.6. The van der Waals surface area contributed by atoms with E-state index in [9.17, 15) is 0 Å². The van der Waals surface area contributed by atoms with Gasteiger partial charge in [-0.2, -0.15) is 0 Å². The summed E-state index contributed by atoms with van der Waals surface area (Å²) in [5, 5.41) is 15.5. The summed E-state index contributed by atoms with van der Waals surface area (Å²) in [6.07, 6.45) is 3.54. The van der Waals surface area contributed by atoms with Crippen LogP contribution in [-0.2, 0) is 6.54 Å². The number of hydrogen-bond acceptors (Lipinski definition) is 4. The Morgan fingerprint density at radius 3 is 2.44 bits per heavy atom. The monoisotopic (exact) mass is 251 g/mol. The molecule has 1 heterocycles. The summed E-state index contributed by atoms with van der Waals surface area (Å²) in [5.41, 5.74) is 0.414. The van der Waals surface area contributed by atoms with E-state index in [1.54, 1.807) is 0 Å². The zero-order chi connectivity index (χ0) is 13.4. The van der Waals surface area contributed by atoms with Gasteiger partial charge in [0.05, 0.1) is 12.6 Å². The largest absolute Gasteiger partial charge is 0.305 e. The van der Waals surface area contributed by atoms with E-state index in [0.717, 1.165) is 18.8 Å². The van der Waals surface area contributed by atoms with Crippen molar-refractivity contribution in [3.63, 3.8) is 0 Å². The van der Waals surface area contributed by atoms with Crippen LogP contribution in [0.1, 0.15) is 65.7 Å². The van der Waals surface area contributed by atoms with E-state index in [-0.39, 0.29) is 5.54 Å². The quantitative estimate of drug-likeness (QED) is 0.872. The maximum Gasteiger partial charge on any atom is 0.165 e. The molecule has 0 saturated heterocycles. The van der Waals surface area contributed by atoms with Crippen molar-refractivity contribution in [1.82, 2.24) is 25.5 Å². The molecule has 0 amide bonds. The zero-order valence-electron chi connectivity index (χ0n) is 12.2. The number of tetrazole rings is 1. The van der Waals surface area contributed by atoms with Crippen LogP contribution in [0.2, 0.25) is 0 Å². The van der Waals surface area contributed by atoms with Gasteiger partial charge in [0.15, 0.2) is 5.82 Å². The fraction of sp³-hybridized carbons (Fsp3) is 0.923. The highest BCUT2D eigenvalue weighted by molar-refractivity contribution is 4.92. The SMILES string of the molecule is CC(C)(C)CC(C)(C)NCc1nnnn1C1CC1. The molecular formula is C13H25N5. The molecule has 0 aliphatic heterocycles. The Kier molecular flexibility index (Phi) is 3.45. The first kappa shape index (κ1) is 13.5. The summed E-state index contributed by atoms with van der Waals surface area (Å²) in [6.45, 7) is 12.0. The maximum absolute atomic E-state index is 4.12. The van der Waals surface area contributed by atoms with Gasteiger partial charge in [-0.15, -0.1) is 5.10 Å². The lowest BCUT2D eigenvalue weighted by atomic mass is 9.82. The van der Waals surface area contributed by atoms with Crippen LogP contribution in [0.5, 0.6) is 0 Å². The van der Waals surface area contributed by atoms with Crippen molar-refractivity contribution < 1.29 is 0 Å². The second-order valence-electron chi connectivity index (χ2n) is 7.25. The molecule has 1 fully saturated rings. The number of hydrogen-bond donors (Lipinski definition) is 1. The average Bonchev–Trinajstić information content (AvgIpc) is 2.91. The molecule has 2 rings (SSSR count). The molecule has 5 nitrogen and oxygen atoms in total. The third kappa shape index (κ3) is 3.77. The van der Waals surface area contributed by atoms with E-state index in [1.165, 1.54) is 12.8 Å². The van der Waals surface area contributed by atoms with Gasteiger partial charge >= 0.3 is 0 Å². The van der Waals surface area contributed by atoms with Crippen molar-refractivity contribution in [2.45, 2.75) is 72.0 Å².